The molecule has 61 heavy (non-hydrogen) atoms. The number of unbranched alkanes of at least 4 members (excludes halogenated alkanes) is 8. The van der Waals surface area contributed by atoms with E-state index >= 15 is 0 Å². The molecule has 11 rings (SSSR count). The molecule has 7 aromatic rings. The second-order valence-electron chi connectivity index (χ2n) is 17.7. The fraction of sp³-hybridized carbons (Fsp3) is 0.345. The summed E-state index contributed by atoms with van der Waals surface area (Å²) >= 11 is 0. The van der Waals surface area contributed by atoms with Gasteiger partial charge in [-0.1, -0.05) is 181 Å². The summed E-state index contributed by atoms with van der Waals surface area (Å²) in [6.07, 6.45) is 29.1. The zero-order valence-corrected chi connectivity index (χ0v) is 39.4. The summed E-state index contributed by atoms with van der Waals surface area (Å²) in [4.78, 5) is 0. The van der Waals surface area contributed by atoms with Gasteiger partial charge in [-0.15, -0.1) is 0 Å². The quantitative estimate of drug-likeness (QED) is 0.0961. The van der Waals surface area contributed by atoms with Crippen LogP contribution in [0.5, 0.6) is 0 Å². The number of fused-ring (bicyclic) bond motifs is 3. The van der Waals surface area contributed by atoms with Gasteiger partial charge in [0.05, 0.1) is 0 Å². The molecular weight excluding hydrogens is 876 g/mol. The molecule has 0 fully saturated rings. The van der Waals surface area contributed by atoms with Gasteiger partial charge < -0.3 is 34.0 Å². The Bertz CT molecular complexity index is 2320. The predicted molar refractivity (Wildman–Crippen MR) is 242 cm³/mol. The first-order valence-corrected chi connectivity index (χ1v) is 22.7. The average Bonchev–Trinajstić information content (AvgIpc) is 3.97. The predicted octanol–water partition coefficient (Wildman–Crippen LogP) is 6.70. The fourth-order valence-electron chi connectivity index (χ4n) is 10.1. The second-order valence-corrected chi connectivity index (χ2v) is 17.7. The van der Waals surface area contributed by atoms with Crippen LogP contribution in [0.4, 0.5) is 0 Å². The molecule has 1 aliphatic carbocycles. The van der Waals surface area contributed by atoms with E-state index in [4.69, 9.17) is 0 Å². The SMILES string of the molecule is CCCCCCCC1(CCCCCCC)c2cc3ccc2-c2ccc(cc21)C[n+]1ccn(c1)Cc1ccc(cc1)-c1cccc(c1)-c1ccc(cc1)Cn1cc[n+](c1)C3.[Br-].[Br-]. The largest absolute Gasteiger partial charge is 1.00 e. The van der Waals surface area contributed by atoms with Crippen molar-refractivity contribution in [2.24, 2.45) is 0 Å². The first-order chi connectivity index (χ1) is 29.1. The van der Waals surface area contributed by atoms with Gasteiger partial charge in [0.25, 0.3) is 0 Å². The van der Waals surface area contributed by atoms with Crippen LogP contribution in [0.15, 0.2) is 147 Å². The van der Waals surface area contributed by atoms with E-state index in [1.807, 2.05) is 0 Å². The highest BCUT2D eigenvalue weighted by Gasteiger charge is 2.42. The summed E-state index contributed by atoms with van der Waals surface area (Å²) in [5, 5.41) is 0. The number of halogens is 2. The van der Waals surface area contributed by atoms with Crippen molar-refractivity contribution in [3.63, 3.8) is 0 Å². The third-order valence-electron chi connectivity index (χ3n) is 13.3. The Hall–Kier alpha value is -4.52. The van der Waals surface area contributed by atoms with Gasteiger partial charge in [0, 0.05) is 5.41 Å². The van der Waals surface area contributed by atoms with Crippen molar-refractivity contribution in [3.05, 3.63) is 180 Å². The number of imidazole rings is 2. The Kier molecular flexibility index (Phi) is 15.0. The van der Waals surface area contributed by atoms with Crippen LogP contribution in [0.1, 0.15) is 124 Å². The van der Waals surface area contributed by atoms with E-state index in [-0.39, 0.29) is 39.4 Å². The Morgan fingerprint density at radius 1 is 0.459 bits per heavy atom. The third-order valence-corrected chi connectivity index (χ3v) is 13.3. The van der Waals surface area contributed by atoms with E-state index < -0.39 is 0 Å². The molecule has 0 amide bonds. The lowest BCUT2D eigenvalue weighted by atomic mass is 9.70. The molecule has 0 atom stereocenters. The van der Waals surface area contributed by atoms with E-state index in [2.05, 4.69) is 179 Å². The number of benzene rings is 5. The summed E-state index contributed by atoms with van der Waals surface area (Å²) in [5.41, 5.74) is 16.5. The van der Waals surface area contributed by atoms with Crippen LogP contribution in [0.3, 0.4) is 0 Å². The maximum atomic E-state index is 2.61. The van der Waals surface area contributed by atoms with Gasteiger partial charge in [-0.25, -0.2) is 18.3 Å². The molecule has 3 aliphatic heterocycles. The van der Waals surface area contributed by atoms with Crippen LogP contribution in [0.25, 0.3) is 33.4 Å². The van der Waals surface area contributed by atoms with Gasteiger partial charge in [-0.2, -0.15) is 0 Å². The summed E-state index contributed by atoms with van der Waals surface area (Å²) < 4.78 is 9.37. The third kappa shape index (κ3) is 10.1. The highest BCUT2D eigenvalue weighted by atomic mass is 79.9. The van der Waals surface area contributed by atoms with Crippen molar-refractivity contribution < 1.29 is 43.1 Å². The van der Waals surface area contributed by atoms with Crippen LogP contribution in [-0.4, -0.2) is 9.13 Å². The lowest BCUT2D eigenvalue weighted by Crippen LogP contribution is -3.00. The lowest BCUT2D eigenvalue weighted by molar-refractivity contribution is -0.688. The van der Waals surface area contributed by atoms with E-state index in [0.29, 0.717) is 0 Å². The van der Waals surface area contributed by atoms with Gasteiger partial charge >= 0.3 is 0 Å². The number of hydrogen-bond acceptors (Lipinski definition) is 0. The highest BCUT2D eigenvalue weighted by molar-refractivity contribution is 5.82. The Labute approximate surface area is 385 Å². The second kappa shape index (κ2) is 20.6. The van der Waals surface area contributed by atoms with E-state index in [9.17, 15) is 0 Å². The van der Waals surface area contributed by atoms with Gasteiger partial charge in [-0.05, 0) is 85.7 Å². The summed E-state index contributed by atoms with van der Waals surface area (Å²) in [5.74, 6) is 0. The van der Waals surface area contributed by atoms with Crippen LogP contribution < -0.4 is 43.1 Å². The molecule has 316 valence electrons. The van der Waals surface area contributed by atoms with E-state index in [1.54, 1.807) is 11.1 Å². The van der Waals surface area contributed by atoms with Crippen LogP contribution >= 0.6 is 0 Å². The molecule has 4 aliphatic rings. The minimum atomic E-state index is 0. The molecule has 4 nitrogen and oxygen atoms in total. The monoisotopic (exact) mass is 936 g/mol. The number of aromatic nitrogens is 4. The molecule has 0 unspecified atom stereocenters. The van der Waals surface area contributed by atoms with Crippen molar-refractivity contribution in [2.75, 3.05) is 0 Å². The highest BCUT2D eigenvalue weighted by Crippen LogP contribution is 2.54. The van der Waals surface area contributed by atoms with Crippen LogP contribution in [0, 0.1) is 0 Å². The van der Waals surface area contributed by atoms with Gasteiger partial charge in [-0.3, -0.25) is 0 Å². The molecule has 0 spiro atoms. The molecule has 0 saturated heterocycles. The topological polar surface area (TPSA) is 17.6 Å². The molecule has 5 aromatic carbocycles. The van der Waals surface area contributed by atoms with Crippen molar-refractivity contribution >= 4 is 0 Å². The van der Waals surface area contributed by atoms with Crippen molar-refractivity contribution in [2.45, 2.75) is 122 Å². The molecule has 0 radical (unpaired) electrons. The van der Waals surface area contributed by atoms with E-state index in [1.165, 1.54) is 133 Å². The maximum Gasteiger partial charge on any atom is 0.244 e. The summed E-state index contributed by atoms with van der Waals surface area (Å²) in [6, 6.07) is 42.2. The first kappa shape index (κ1) is 44.5. The Morgan fingerprint density at radius 3 is 1.33 bits per heavy atom. The minimum Gasteiger partial charge on any atom is -1.00 e. The van der Waals surface area contributed by atoms with E-state index in [0.717, 1.165) is 26.2 Å². The smallest absolute Gasteiger partial charge is 0.244 e. The Balaban J connectivity index is 0.00000281. The van der Waals surface area contributed by atoms with Crippen LogP contribution in [0.2, 0.25) is 0 Å². The molecule has 0 saturated carbocycles. The number of rotatable bonds is 12. The van der Waals surface area contributed by atoms with Crippen LogP contribution in [-0.2, 0) is 31.6 Å². The minimum absolute atomic E-state index is 0. The molecule has 6 heteroatoms. The first-order valence-electron chi connectivity index (χ1n) is 22.7. The number of nitrogens with zero attached hydrogens (tertiary/aromatic N) is 4. The van der Waals surface area contributed by atoms with Crippen molar-refractivity contribution in [1.82, 2.24) is 9.13 Å². The maximum absolute atomic E-state index is 2.61. The normalized spacial score (nSPS) is 13.5. The zero-order valence-electron chi connectivity index (χ0n) is 36.2. The van der Waals surface area contributed by atoms with Gasteiger partial charge in [0.1, 0.15) is 51.0 Å². The average molecular weight is 939 g/mol. The number of hydrogen-bond donors (Lipinski definition) is 0. The molecule has 2 aromatic heterocycles. The Morgan fingerprint density at radius 2 is 0.885 bits per heavy atom. The van der Waals surface area contributed by atoms with Gasteiger partial charge in [0.2, 0.25) is 12.7 Å². The van der Waals surface area contributed by atoms with Crippen molar-refractivity contribution in [1.29, 1.82) is 0 Å². The van der Waals surface area contributed by atoms with Crippen molar-refractivity contribution in [3.8, 4) is 33.4 Å². The molecule has 14 bridgehead atoms. The fourth-order valence-corrected chi connectivity index (χ4v) is 10.1. The standard InChI is InChI=1S/C55H62N4.2BrH/c1-3-5-7-9-11-28-55(29-12-10-8-6-4-2)53-34-45-20-26-51(53)52-27-21-46(35-54(52)55)40-59-33-31-57(42-59)38-44-18-24-48(25-19-44)50-15-13-14-49(36-50)47-22-16-43(17-23-47)37-56-30-32-58(39-45)41-56;;/h13-27,30-36,41-42H,3-12,28-29,37-40H2,1-2H3;2*1H/q+2;;/p-2. The summed E-state index contributed by atoms with van der Waals surface area (Å²) in [6.45, 7) is 8.10. The lowest BCUT2D eigenvalue weighted by Gasteiger charge is -2.33. The molecule has 0 N–H and O–H groups in total. The summed E-state index contributed by atoms with van der Waals surface area (Å²) in [7, 11) is 0. The molecular formula is C55H62Br2N4. The zero-order chi connectivity index (χ0) is 40.0. The molecule has 5 heterocycles. The van der Waals surface area contributed by atoms with Gasteiger partial charge in [0.15, 0.2) is 0 Å².